The summed E-state index contributed by atoms with van der Waals surface area (Å²) in [4.78, 5) is 4.10. The third kappa shape index (κ3) is 3.20. The number of thiophene rings is 1. The van der Waals surface area contributed by atoms with E-state index < -0.39 is 10.0 Å². The molecule has 2 aromatic rings. The van der Waals surface area contributed by atoms with Crippen LogP contribution in [0.4, 0.5) is 0 Å². The Morgan fingerprint density at radius 3 is 2.79 bits per heavy atom. The summed E-state index contributed by atoms with van der Waals surface area (Å²) in [6.45, 7) is 1.91. The third-order valence-corrected chi connectivity index (χ3v) is 5.73. The van der Waals surface area contributed by atoms with Crippen molar-refractivity contribution < 1.29 is 8.42 Å². The first-order chi connectivity index (χ1) is 9.01. The number of hydrogen-bond donors (Lipinski definition) is 0. The Kier molecular flexibility index (Phi) is 4.34. The average Bonchev–Trinajstić information content (AvgIpc) is 2.91. The number of rotatable bonds is 5. The SMILES string of the molecule is C[C@@H](Cc1ccsc1)N(C)S(=O)(=O)c1cccnc1. The zero-order valence-corrected chi connectivity index (χ0v) is 12.5. The van der Waals surface area contributed by atoms with Gasteiger partial charge in [-0.2, -0.15) is 15.6 Å². The lowest BCUT2D eigenvalue weighted by atomic mass is 10.1. The number of pyridine rings is 1. The van der Waals surface area contributed by atoms with E-state index in [2.05, 4.69) is 4.98 Å². The molecule has 2 aromatic heterocycles. The van der Waals surface area contributed by atoms with E-state index in [0.29, 0.717) is 6.42 Å². The van der Waals surface area contributed by atoms with Gasteiger partial charge in [-0.1, -0.05) is 0 Å². The predicted octanol–water partition coefficient (Wildman–Crippen LogP) is 2.39. The quantitative estimate of drug-likeness (QED) is 0.851. The molecule has 0 aliphatic heterocycles. The topological polar surface area (TPSA) is 50.3 Å². The van der Waals surface area contributed by atoms with Gasteiger partial charge in [0.05, 0.1) is 0 Å². The molecule has 0 spiro atoms. The van der Waals surface area contributed by atoms with E-state index in [9.17, 15) is 8.42 Å². The molecule has 19 heavy (non-hydrogen) atoms. The molecule has 102 valence electrons. The number of aromatic nitrogens is 1. The molecule has 0 unspecified atom stereocenters. The maximum atomic E-state index is 12.4. The van der Waals surface area contributed by atoms with Crippen molar-refractivity contribution in [3.8, 4) is 0 Å². The summed E-state index contributed by atoms with van der Waals surface area (Å²) in [5.41, 5.74) is 1.16. The molecular weight excluding hydrogens is 280 g/mol. The van der Waals surface area contributed by atoms with Crippen LogP contribution in [0, 0.1) is 0 Å². The molecular formula is C13H16N2O2S2. The highest BCUT2D eigenvalue weighted by molar-refractivity contribution is 7.89. The van der Waals surface area contributed by atoms with Gasteiger partial charge in [-0.25, -0.2) is 8.42 Å². The lowest BCUT2D eigenvalue weighted by Crippen LogP contribution is -2.36. The standard InChI is InChI=1S/C13H16N2O2S2/c1-11(8-12-5-7-18-10-12)15(2)19(16,17)13-4-3-6-14-9-13/h3-7,9-11H,8H2,1-2H3/t11-/m0/s1. The number of sulfonamides is 1. The Labute approximate surface area is 117 Å². The lowest BCUT2D eigenvalue weighted by molar-refractivity contribution is 0.387. The van der Waals surface area contributed by atoms with Crippen LogP contribution in [0.15, 0.2) is 46.2 Å². The molecule has 0 fully saturated rings. The van der Waals surface area contributed by atoms with Crippen molar-refractivity contribution in [2.75, 3.05) is 7.05 Å². The number of likely N-dealkylation sites (N-methyl/N-ethyl adjacent to an activating group) is 1. The molecule has 0 radical (unpaired) electrons. The molecule has 2 rings (SSSR count). The summed E-state index contributed by atoms with van der Waals surface area (Å²) in [7, 11) is -1.86. The monoisotopic (exact) mass is 296 g/mol. The van der Waals surface area contributed by atoms with Crippen LogP contribution in [-0.4, -0.2) is 30.8 Å². The fourth-order valence-electron chi connectivity index (χ4n) is 1.78. The van der Waals surface area contributed by atoms with E-state index in [1.54, 1.807) is 36.7 Å². The Morgan fingerprint density at radius 1 is 1.42 bits per heavy atom. The van der Waals surface area contributed by atoms with Crippen molar-refractivity contribution in [3.63, 3.8) is 0 Å². The normalized spacial score (nSPS) is 13.6. The van der Waals surface area contributed by atoms with Crippen LogP contribution in [0.25, 0.3) is 0 Å². The van der Waals surface area contributed by atoms with Crippen molar-refractivity contribution in [2.24, 2.45) is 0 Å². The minimum Gasteiger partial charge on any atom is -0.263 e. The van der Waals surface area contributed by atoms with Gasteiger partial charge in [-0.15, -0.1) is 0 Å². The second-order valence-corrected chi connectivity index (χ2v) is 7.17. The van der Waals surface area contributed by atoms with Gasteiger partial charge in [0.25, 0.3) is 0 Å². The summed E-state index contributed by atoms with van der Waals surface area (Å²) in [5.74, 6) is 0. The largest absolute Gasteiger partial charge is 0.263 e. The molecule has 0 aliphatic rings. The zero-order valence-electron chi connectivity index (χ0n) is 10.9. The Balaban J connectivity index is 2.16. The number of nitrogens with zero attached hydrogens (tertiary/aromatic N) is 2. The lowest BCUT2D eigenvalue weighted by Gasteiger charge is -2.23. The van der Waals surface area contributed by atoms with Gasteiger partial charge in [0, 0.05) is 25.5 Å². The minimum atomic E-state index is -3.47. The summed E-state index contributed by atoms with van der Waals surface area (Å²) in [6.07, 6.45) is 3.65. The Hall–Kier alpha value is -1.24. The first-order valence-corrected chi connectivity index (χ1v) is 8.29. The van der Waals surface area contributed by atoms with E-state index in [4.69, 9.17) is 0 Å². The van der Waals surface area contributed by atoms with Crippen LogP contribution < -0.4 is 0 Å². The van der Waals surface area contributed by atoms with Crippen molar-refractivity contribution in [3.05, 3.63) is 46.9 Å². The molecule has 0 saturated heterocycles. The number of hydrogen-bond acceptors (Lipinski definition) is 4. The second-order valence-electron chi connectivity index (χ2n) is 4.39. The fraction of sp³-hybridized carbons (Fsp3) is 0.308. The van der Waals surface area contributed by atoms with Gasteiger partial charge in [-0.3, -0.25) is 4.98 Å². The van der Waals surface area contributed by atoms with Crippen LogP contribution in [0.1, 0.15) is 12.5 Å². The van der Waals surface area contributed by atoms with Crippen molar-refractivity contribution in [2.45, 2.75) is 24.3 Å². The van der Waals surface area contributed by atoms with Gasteiger partial charge < -0.3 is 0 Å². The van der Waals surface area contributed by atoms with E-state index in [1.807, 2.05) is 23.8 Å². The first-order valence-electron chi connectivity index (χ1n) is 5.91. The second kappa shape index (κ2) is 5.81. The van der Waals surface area contributed by atoms with Gasteiger partial charge >= 0.3 is 0 Å². The van der Waals surface area contributed by atoms with E-state index in [0.717, 1.165) is 5.56 Å². The van der Waals surface area contributed by atoms with Gasteiger partial charge in [-0.05, 0) is 47.9 Å². The van der Waals surface area contributed by atoms with Gasteiger partial charge in [0.1, 0.15) is 4.90 Å². The summed E-state index contributed by atoms with van der Waals surface area (Å²) < 4.78 is 26.2. The third-order valence-electron chi connectivity index (χ3n) is 3.04. The first kappa shape index (κ1) is 14.2. The van der Waals surface area contributed by atoms with E-state index in [-0.39, 0.29) is 10.9 Å². The maximum Gasteiger partial charge on any atom is 0.244 e. The van der Waals surface area contributed by atoms with Crippen LogP contribution in [-0.2, 0) is 16.4 Å². The van der Waals surface area contributed by atoms with Crippen LogP contribution in [0.3, 0.4) is 0 Å². The summed E-state index contributed by atoms with van der Waals surface area (Å²) in [6, 6.07) is 5.12. The molecule has 0 bridgehead atoms. The smallest absolute Gasteiger partial charge is 0.244 e. The van der Waals surface area contributed by atoms with Crippen molar-refractivity contribution >= 4 is 21.4 Å². The van der Waals surface area contributed by atoms with Gasteiger partial charge in [0.2, 0.25) is 10.0 Å². The van der Waals surface area contributed by atoms with Crippen LogP contribution in [0.2, 0.25) is 0 Å². The minimum absolute atomic E-state index is 0.0974. The fourth-order valence-corrected chi connectivity index (χ4v) is 3.79. The maximum absolute atomic E-state index is 12.4. The molecule has 1 atom stereocenters. The summed E-state index contributed by atoms with van der Waals surface area (Å²) >= 11 is 1.62. The highest BCUT2D eigenvalue weighted by Crippen LogP contribution is 2.18. The van der Waals surface area contributed by atoms with Crippen LogP contribution >= 0.6 is 11.3 Å². The molecule has 0 aromatic carbocycles. The average molecular weight is 296 g/mol. The molecule has 0 amide bonds. The van der Waals surface area contributed by atoms with Gasteiger partial charge in [0.15, 0.2) is 0 Å². The molecule has 2 heterocycles. The van der Waals surface area contributed by atoms with Crippen LogP contribution in [0.5, 0.6) is 0 Å². The molecule has 0 saturated carbocycles. The van der Waals surface area contributed by atoms with Crippen molar-refractivity contribution in [1.82, 2.24) is 9.29 Å². The Bertz CT molecular complexity index is 609. The van der Waals surface area contributed by atoms with Crippen molar-refractivity contribution in [1.29, 1.82) is 0 Å². The predicted molar refractivity (Wildman–Crippen MR) is 76.7 cm³/mol. The highest BCUT2D eigenvalue weighted by atomic mass is 32.2. The Morgan fingerprint density at radius 2 is 2.21 bits per heavy atom. The summed E-state index contributed by atoms with van der Waals surface area (Å²) in [5, 5.41) is 4.04. The zero-order chi connectivity index (χ0) is 13.9. The van der Waals surface area contributed by atoms with E-state index >= 15 is 0 Å². The van der Waals surface area contributed by atoms with E-state index in [1.165, 1.54) is 10.5 Å². The molecule has 0 aliphatic carbocycles. The molecule has 0 N–H and O–H groups in total. The molecule has 4 nitrogen and oxygen atoms in total. The molecule has 6 heteroatoms. The highest BCUT2D eigenvalue weighted by Gasteiger charge is 2.25.